The summed E-state index contributed by atoms with van der Waals surface area (Å²) in [5.41, 5.74) is 7.59. The smallest absolute Gasteiger partial charge is 0.326 e. The fourth-order valence-corrected chi connectivity index (χ4v) is 4.30. The Morgan fingerprint density at radius 2 is 1.29 bits per heavy atom. The highest BCUT2D eigenvalue weighted by molar-refractivity contribution is 7.98. The molecule has 0 spiro atoms. The van der Waals surface area contributed by atoms with Gasteiger partial charge in [-0.3, -0.25) is 14.4 Å². The Bertz CT molecular complexity index is 1050. The molecule has 4 unspecified atom stereocenters. The number of thioether (sulfide) groups is 1. The monoisotopic (exact) mass is 542 g/mol. The molecule has 6 N–H and O–H groups in total. The molecule has 2 aromatic rings. The summed E-state index contributed by atoms with van der Waals surface area (Å²) in [6.07, 6.45) is 2.68. The zero-order valence-electron chi connectivity index (χ0n) is 22.1. The fourth-order valence-electron chi connectivity index (χ4n) is 3.81. The highest BCUT2D eigenvalue weighted by Crippen LogP contribution is 2.09. The average molecular weight is 543 g/mol. The Morgan fingerprint density at radius 3 is 1.76 bits per heavy atom. The normalized spacial score (nSPS) is 14.1. The minimum absolute atomic E-state index is 0.0985. The van der Waals surface area contributed by atoms with E-state index in [9.17, 15) is 24.3 Å². The lowest BCUT2D eigenvalue weighted by Crippen LogP contribution is -2.59. The lowest BCUT2D eigenvalue weighted by Gasteiger charge is -2.27. The SMILES string of the molecule is CSCCC(N)C(=O)NC(Cc1ccccc1)C(=O)NC(C(=O)NC(Cc1ccccc1)C(=O)O)C(C)C. The molecule has 0 aliphatic heterocycles. The third kappa shape index (κ3) is 10.2. The maximum Gasteiger partial charge on any atom is 0.326 e. The summed E-state index contributed by atoms with van der Waals surface area (Å²) in [7, 11) is 0. The molecule has 38 heavy (non-hydrogen) atoms. The number of carboxylic acids is 1. The second-order valence-electron chi connectivity index (χ2n) is 9.46. The summed E-state index contributed by atoms with van der Waals surface area (Å²) in [5, 5.41) is 17.7. The summed E-state index contributed by atoms with van der Waals surface area (Å²) in [5.74, 6) is -2.44. The van der Waals surface area contributed by atoms with Gasteiger partial charge in [-0.1, -0.05) is 74.5 Å². The van der Waals surface area contributed by atoms with E-state index < -0.39 is 47.9 Å². The molecule has 4 atom stereocenters. The van der Waals surface area contributed by atoms with E-state index in [1.165, 1.54) is 0 Å². The first-order valence-electron chi connectivity index (χ1n) is 12.6. The van der Waals surface area contributed by atoms with Crippen LogP contribution in [0.3, 0.4) is 0 Å². The van der Waals surface area contributed by atoms with Gasteiger partial charge in [0.25, 0.3) is 0 Å². The lowest BCUT2D eigenvalue weighted by atomic mass is 9.99. The van der Waals surface area contributed by atoms with Gasteiger partial charge in [0.2, 0.25) is 17.7 Å². The van der Waals surface area contributed by atoms with Gasteiger partial charge in [-0.05, 0) is 35.5 Å². The van der Waals surface area contributed by atoms with Gasteiger partial charge < -0.3 is 26.8 Å². The van der Waals surface area contributed by atoms with E-state index in [1.54, 1.807) is 49.9 Å². The lowest BCUT2D eigenvalue weighted by molar-refractivity contribution is -0.142. The van der Waals surface area contributed by atoms with Crippen molar-refractivity contribution in [1.82, 2.24) is 16.0 Å². The Morgan fingerprint density at radius 1 is 0.789 bits per heavy atom. The fraction of sp³-hybridized carbons (Fsp3) is 0.429. The molecule has 0 bridgehead atoms. The van der Waals surface area contributed by atoms with E-state index in [2.05, 4.69) is 16.0 Å². The molecule has 0 radical (unpaired) electrons. The average Bonchev–Trinajstić information content (AvgIpc) is 2.90. The van der Waals surface area contributed by atoms with Crippen molar-refractivity contribution >= 4 is 35.5 Å². The zero-order valence-corrected chi connectivity index (χ0v) is 22.9. The van der Waals surface area contributed by atoms with Crippen molar-refractivity contribution in [3.05, 3.63) is 71.8 Å². The summed E-state index contributed by atoms with van der Waals surface area (Å²) in [6, 6.07) is 14.2. The number of hydrogen-bond donors (Lipinski definition) is 5. The molecule has 2 rings (SSSR count). The predicted molar refractivity (Wildman–Crippen MR) is 150 cm³/mol. The number of carboxylic acid groups (broad SMARTS) is 1. The van der Waals surface area contributed by atoms with Crippen molar-refractivity contribution in [2.75, 3.05) is 12.0 Å². The molecular weight excluding hydrogens is 504 g/mol. The Balaban J connectivity index is 2.17. The predicted octanol–water partition coefficient (Wildman–Crippen LogP) is 1.75. The number of nitrogens with one attached hydrogen (secondary N) is 3. The molecule has 0 saturated heterocycles. The molecular formula is C28H38N4O5S. The molecule has 9 nitrogen and oxygen atoms in total. The van der Waals surface area contributed by atoms with E-state index in [4.69, 9.17) is 5.73 Å². The number of nitrogens with two attached hydrogens (primary N) is 1. The van der Waals surface area contributed by atoms with E-state index in [0.717, 1.165) is 11.1 Å². The van der Waals surface area contributed by atoms with E-state index >= 15 is 0 Å². The van der Waals surface area contributed by atoms with Gasteiger partial charge in [-0.15, -0.1) is 0 Å². The van der Waals surface area contributed by atoms with Gasteiger partial charge in [0, 0.05) is 12.8 Å². The number of carbonyl (C=O) groups is 4. The molecule has 206 valence electrons. The minimum atomic E-state index is -1.18. The summed E-state index contributed by atoms with van der Waals surface area (Å²) < 4.78 is 0. The highest BCUT2D eigenvalue weighted by Gasteiger charge is 2.32. The van der Waals surface area contributed by atoms with Crippen LogP contribution in [-0.2, 0) is 32.0 Å². The maximum atomic E-state index is 13.4. The van der Waals surface area contributed by atoms with Crippen molar-refractivity contribution < 1.29 is 24.3 Å². The van der Waals surface area contributed by atoms with Gasteiger partial charge >= 0.3 is 5.97 Å². The molecule has 10 heteroatoms. The third-order valence-electron chi connectivity index (χ3n) is 6.03. The maximum absolute atomic E-state index is 13.4. The minimum Gasteiger partial charge on any atom is -0.480 e. The standard InChI is InChI=1S/C28H38N4O5S/c1-18(2)24(27(35)31-23(28(36)37)17-20-12-8-5-9-13-20)32-26(34)22(16-19-10-6-4-7-11-19)30-25(33)21(29)14-15-38-3/h4-13,18,21-24H,14-17,29H2,1-3H3,(H,30,33)(H,31,35)(H,32,34)(H,36,37). The number of hydrogen-bond acceptors (Lipinski definition) is 6. The van der Waals surface area contributed by atoms with Crippen LogP contribution in [0.4, 0.5) is 0 Å². The Hall–Kier alpha value is -3.37. The molecule has 0 saturated carbocycles. The van der Waals surface area contributed by atoms with Crippen molar-refractivity contribution in [2.45, 2.75) is 57.3 Å². The van der Waals surface area contributed by atoms with E-state index in [-0.39, 0.29) is 18.8 Å². The van der Waals surface area contributed by atoms with Crippen molar-refractivity contribution in [2.24, 2.45) is 11.7 Å². The molecule has 0 aliphatic rings. The summed E-state index contributed by atoms with van der Waals surface area (Å²) >= 11 is 1.57. The van der Waals surface area contributed by atoms with Crippen LogP contribution in [0.25, 0.3) is 0 Å². The van der Waals surface area contributed by atoms with Crippen LogP contribution < -0.4 is 21.7 Å². The Kier molecular flexibility index (Phi) is 12.8. The molecule has 0 fully saturated rings. The van der Waals surface area contributed by atoms with Crippen molar-refractivity contribution in [3.63, 3.8) is 0 Å². The van der Waals surface area contributed by atoms with Gasteiger partial charge in [0.1, 0.15) is 18.1 Å². The number of rotatable bonds is 15. The molecule has 3 amide bonds. The van der Waals surface area contributed by atoms with Gasteiger partial charge in [0.05, 0.1) is 6.04 Å². The first kappa shape index (κ1) is 30.9. The third-order valence-corrected chi connectivity index (χ3v) is 6.67. The topological polar surface area (TPSA) is 151 Å². The highest BCUT2D eigenvalue weighted by atomic mass is 32.2. The number of benzene rings is 2. The first-order valence-corrected chi connectivity index (χ1v) is 14.0. The largest absolute Gasteiger partial charge is 0.480 e. The van der Waals surface area contributed by atoms with Crippen LogP contribution in [-0.4, -0.2) is 65.0 Å². The van der Waals surface area contributed by atoms with E-state index in [1.807, 2.05) is 42.7 Å². The second-order valence-corrected chi connectivity index (χ2v) is 10.4. The molecule has 0 aliphatic carbocycles. The molecule has 0 aromatic heterocycles. The van der Waals surface area contributed by atoms with Crippen molar-refractivity contribution in [1.29, 1.82) is 0 Å². The van der Waals surface area contributed by atoms with Gasteiger partial charge in [0.15, 0.2) is 0 Å². The van der Waals surface area contributed by atoms with Crippen LogP contribution in [0.5, 0.6) is 0 Å². The van der Waals surface area contributed by atoms with E-state index in [0.29, 0.717) is 12.2 Å². The summed E-state index contributed by atoms with van der Waals surface area (Å²) in [4.78, 5) is 51.1. The first-order chi connectivity index (χ1) is 18.1. The van der Waals surface area contributed by atoms with Crippen LogP contribution in [0.15, 0.2) is 60.7 Å². The second kappa shape index (κ2) is 15.8. The molecule has 2 aromatic carbocycles. The van der Waals surface area contributed by atoms with Crippen LogP contribution in [0.2, 0.25) is 0 Å². The van der Waals surface area contributed by atoms with Crippen LogP contribution in [0, 0.1) is 5.92 Å². The number of amides is 3. The molecule has 0 heterocycles. The van der Waals surface area contributed by atoms with Crippen molar-refractivity contribution in [3.8, 4) is 0 Å². The van der Waals surface area contributed by atoms with Crippen LogP contribution in [0.1, 0.15) is 31.4 Å². The quantitative estimate of drug-likeness (QED) is 0.230. The van der Waals surface area contributed by atoms with Crippen LogP contribution >= 0.6 is 11.8 Å². The number of aliphatic carboxylic acids is 1. The Labute approximate surface area is 228 Å². The summed E-state index contributed by atoms with van der Waals surface area (Å²) in [6.45, 7) is 3.50. The number of carbonyl (C=O) groups excluding carboxylic acids is 3. The van der Waals surface area contributed by atoms with Gasteiger partial charge in [-0.25, -0.2) is 4.79 Å². The zero-order chi connectivity index (χ0) is 28.1. The van der Waals surface area contributed by atoms with Gasteiger partial charge in [-0.2, -0.15) is 11.8 Å².